The lowest BCUT2D eigenvalue weighted by Crippen LogP contribution is -2.23. The minimum atomic E-state index is 0.239. The highest BCUT2D eigenvalue weighted by atomic mass is 16.1. The number of hydrogen-bond donors (Lipinski definition) is 1. The van der Waals surface area contributed by atoms with Gasteiger partial charge in [-0.1, -0.05) is 25.0 Å². The molecule has 0 aromatic heterocycles. The summed E-state index contributed by atoms with van der Waals surface area (Å²) in [6.07, 6.45) is 14.8. The first-order valence-corrected chi connectivity index (χ1v) is 6.31. The molecular weight excluding hydrogens is 186 g/mol. The van der Waals surface area contributed by atoms with E-state index in [0.29, 0.717) is 6.42 Å². The molecule has 0 unspecified atom stereocenters. The average molecular weight is 209 g/mol. The van der Waals surface area contributed by atoms with Crippen LogP contribution in [0.15, 0.2) is 12.2 Å². The molecule has 0 aromatic rings. The predicted molar refractivity (Wildman–Crippen MR) is 63.7 cm³/mol. The monoisotopic (exact) mass is 209 g/mol. The summed E-state index contributed by atoms with van der Waals surface area (Å²) >= 11 is 0. The van der Waals surface area contributed by atoms with Gasteiger partial charge >= 0.3 is 0 Å². The van der Waals surface area contributed by atoms with Gasteiger partial charge in [-0.2, -0.15) is 0 Å². The van der Waals surface area contributed by atoms with E-state index in [1.54, 1.807) is 0 Å². The predicted octanol–water partition coefficient (Wildman–Crippen LogP) is 3.18. The zero-order chi connectivity index (χ0) is 10.8. The molecule has 0 fully saturated rings. The molecule has 1 rings (SSSR count). The third-order valence-electron chi connectivity index (χ3n) is 2.81. The van der Waals surface area contributed by atoms with Crippen molar-refractivity contribution in [1.82, 2.24) is 5.32 Å². The molecule has 1 N–H and O–H groups in total. The van der Waals surface area contributed by atoms with Crippen LogP contribution in [0.5, 0.6) is 0 Å². The molecule has 0 atom stereocenters. The summed E-state index contributed by atoms with van der Waals surface area (Å²) in [6, 6.07) is 0. The zero-order valence-electron chi connectivity index (χ0n) is 9.63. The Morgan fingerprint density at radius 3 is 2.27 bits per heavy atom. The number of hydrogen-bond acceptors (Lipinski definition) is 1. The molecule has 1 aliphatic rings. The lowest BCUT2D eigenvalue weighted by Gasteiger charge is -2.05. The standard InChI is InChI=1S/C13H23NO/c15-13-11-9-7-5-3-1-2-4-6-8-10-12-14-13/h1-2H,3-12H2,(H,14,15)/b2-1+. The molecule has 1 aliphatic heterocycles. The quantitative estimate of drug-likeness (QED) is 0.610. The smallest absolute Gasteiger partial charge is 0.219 e. The molecule has 0 spiro atoms. The molecule has 0 bridgehead atoms. The Balaban J connectivity index is 2.20. The van der Waals surface area contributed by atoms with E-state index in [1.165, 1.54) is 38.5 Å². The Kier molecular flexibility index (Phi) is 6.97. The number of carbonyl (C=O) groups excluding carboxylic acids is 1. The number of nitrogens with one attached hydrogen (secondary N) is 1. The van der Waals surface area contributed by atoms with Crippen LogP contribution < -0.4 is 5.32 Å². The van der Waals surface area contributed by atoms with Gasteiger partial charge in [0.05, 0.1) is 0 Å². The highest BCUT2D eigenvalue weighted by molar-refractivity contribution is 5.75. The van der Waals surface area contributed by atoms with Crippen LogP contribution in [0.25, 0.3) is 0 Å². The summed E-state index contributed by atoms with van der Waals surface area (Å²) in [7, 11) is 0. The van der Waals surface area contributed by atoms with E-state index in [9.17, 15) is 4.79 Å². The van der Waals surface area contributed by atoms with Gasteiger partial charge in [-0.05, 0) is 38.5 Å². The van der Waals surface area contributed by atoms with Crippen molar-refractivity contribution < 1.29 is 4.79 Å². The third-order valence-corrected chi connectivity index (χ3v) is 2.81. The fourth-order valence-corrected chi connectivity index (χ4v) is 1.84. The summed E-state index contributed by atoms with van der Waals surface area (Å²) in [5.74, 6) is 0.239. The first-order chi connectivity index (χ1) is 7.39. The van der Waals surface area contributed by atoms with Crippen LogP contribution in [-0.2, 0) is 4.79 Å². The maximum atomic E-state index is 11.3. The van der Waals surface area contributed by atoms with Gasteiger partial charge in [0.1, 0.15) is 0 Å². The molecule has 1 amide bonds. The summed E-state index contributed by atoms with van der Waals surface area (Å²) in [5, 5.41) is 2.98. The van der Waals surface area contributed by atoms with Crippen molar-refractivity contribution >= 4 is 5.91 Å². The molecule has 0 aliphatic carbocycles. The molecule has 1 heterocycles. The molecule has 86 valence electrons. The molecule has 0 aromatic carbocycles. The van der Waals surface area contributed by atoms with Crippen molar-refractivity contribution in [1.29, 1.82) is 0 Å². The van der Waals surface area contributed by atoms with Crippen molar-refractivity contribution in [2.24, 2.45) is 0 Å². The van der Waals surface area contributed by atoms with Gasteiger partial charge in [0.2, 0.25) is 5.91 Å². The summed E-state index contributed by atoms with van der Waals surface area (Å²) in [6.45, 7) is 0.864. The highest BCUT2D eigenvalue weighted by Crippen LogP contribution is 2.06. The van der Waals surface area contributed by atoms with Gasteiger partial charge in [-0.25, -0.2) is 0 Å². The molecule has 2 nitrogen and oxygen atoms in total. The van der Waals surface area contributed by atoms with Crippen molar-refractivity contribution in [3.05, 3.63) is 12.2 Å². The minimum Gasteiger partial charge on any atom is -0.356 e. The first kappa shape index (κ1) is 12.3. The number of amides is 1. The van der Waals surface area contributed by atoms with Gasteiger partial charge in [0, 0.05) is 13.0 Å². The van der Waals surface area contributed by atoms with Crippen LogP contribution >= 0.6 is 0 Å². The largest absolute Gasteiger partial charge is 0.356 e. The second kappa shape index (κ2) is 8.51. The van der Waals surface area contributed by atoms with Crippen molar-refractivity contribution in [3.8, 4) is 0 Å². The topological polar surface area (TPSA) is 29.1 Å². The van der Waals surface area contributed by atoms with Crippen LogP contribution in [0.3, 0.4) is 0 Å². The van der Waals surface area contributed by atoms with Crippen LogP contribution in [0.2, 0.25) is 0 Å². The molecule has 15 heavy (non-hydrogen) atoms. The number of allylic oxidation sites excluding steroid dienone is 2. The van der Waals surface area contributed by atoms with Crippen LogP contribution in [0.4, 0.5) is 0 Å². The van der Waals surface area contributed by atoms with Gasteiger partial charge in [-0.3, -0.25) is 4.79 Å². The molecule has 0 radical (unpaired) electrons. The summed E-state index contributed by atoms with van der Waals surface area (Å²) in [5.41, 5.74) is 0. The Morgan fingerprint density at radius 1 is 0.867 bits per heavy atom. The lowest BCUT2D eigenvalue weighted by molar-refractivity contribution is -0.121. The second-order valence-corrected chi connectivity index (χ2v) is 4.27. The van der Waals surface area contributed by atoms with E-state index in [1.807, 2.05) is 0 Å². The first-order valence-electron chi connectivity index (χ1n) is 6.31. The third kappa shape index (κ3) is 7.18. The van der Waals surface area contributed by atoms with Crippen LogP contribution in [-0.4, -0.2) is 12.5 Å². The highest BCUT2D eigenvalue weighted by Gasteiger charge is 2.00. The Bertz CT molecular complexity index is 199. The maximum absolute atomic E-state index is 11.3. The Hall–Kier alpha value is -0.790. The van der Waals surface area contributed by atoms with E-state index in [-0.39, 0.29) is 5.91 Å². The van der Waals surface area contributed by atoms with Crippen LogP contribution in [0, 0.1) is 0 Å². The molecular formula is C13H23NO. The van der Waals surface area contributed by atoms with Gasteiger partial charge in [0.25, 0.3) is 0 Å². The van der Waals surface area contributed by atoms with Crippen LogP contribution in [0.1, 0.15) is 57.8 Å². The van der Waals surface area contributed by atoms with E-state index in [4.69, 9.17) is 0 Å². The fourth-order valence-electron chi connectivity index (χ4n) is 1.84. The molecule has 2 heteroatoms. The number of carbonyl (C=O) groups is 1. The van der Waals surface area contributed by atoms with E-state index in [0.717, 1.165) is 19.4 Å². The second-order valence-electron chi connectivity index (χ2n) is 4.27. The van der Waals surface area contributed by atoms with Gasteiger partial charge in [-0.15, -0.1) is 0 Å². The van der Waals surface area contributed by atoms with Crippen molar-refractivity contribution in [2.45, 2.75) is 57.8 Å². The minimum absolute atomic E-state index is 0.239. The average Bonchev–Trinajstić information content (AvgIpc) is 2.24. The van der Waals surface area contributed by atoms with E-state index >= 15 is 0 Å². The van der Waals surface area contributed by atoms with Crippen molar-refractivity contribution in [2.75, 3.05) is 6.54 Å². The van der Waals surface area contributed by atoms with Gasteiger partial charge < -0.3 is 5.32 Å². The Morgan fingerprint density at radius 2 is 1.53 bits per heavy atom. The van der Waals surface area contributed by atoms with Crippen molar-refractivity contribution in [3.63, 3.8) is 0 Å². The normalized spacial score (nSPS) is 23.9. The fraction of sp³-hybridized carbons (Fsp3) is 0.769. The van der Waals surface area contributed by atoms with E-state index < -0.39 is 0 Å². The molecule has 0 saturated carbocycles. The Labute approximate surface area is 93.1 Å². The summed E-state index contributed by atoms with van der Waals surface area (Å²) in [4.78, 5) is 11.3. The van der Waals surface area contributed by atoms with Gasteiger partial charge in [0.15, 0.2) is 0 Å². The SMILES string of the molecule is O=C1CCCCC/C=C/CCCCCN1. The maximum Gasteiger partial charge on any atom is 0.219 e. The molecule has 0 saturated heterocycles. The van der Waals surface area contributed by atoms with E-state index in [2.05, 4.69) is 17.5 Å². The summed E-state index contributed by atoms with van der Waals surface area (Å²) < 4.78 is 0. The lowest BCUT2D eigenvalue weighted by atomic mass is 10.1. The zero-order valence-corrected chi connectivity index (χ0v) is 9.63. The number of rotatable bonds is 0.